The van der Waals surface area contributed by atoms with Crippen LogP contribution in [-0.2, 0) is 18.3 Å². The summed E-state index contributed by atoms with van der Waals surface area (Å²) in [7, 11) is 1.78. The van der Waals surface area contributed by atoms with Crippen LogP contribution in [0, 0.1) is 0 Å². The predicted octanol–water partition coefficient (Wildman–Crippen LogP) is 0.346. The summed E-state index contributed by atoms with van der Waals surface area (Å²) in [4.78, 5) is 10.4. The van der Waals surface area contributed by atoms with Crippen LogP contribution < -0.4 is 0 Å². The average Bonchev–Trinajstić information content (AvgIpc) is 2.36. The van der Waals surface area contributed by atoms with Crippen LogP contribution in [0.25, 0.3) is 0 Å². The van der Waals surface area contributed by atoms with Gasteiger partial charge in [0.25, 0.3) is 0 Å². The lowest BCUT2D eigenvalue weighted by molar-refractivity contribution is -0.136. The number of nitrogens with zero attached hydrogens (tertiary/aromatic N) is 2. The summed E-state index contributed by atoms with van der Waals surface area (Å²) in [6.07, 6.45) is 2.03. The number of hydrogen-bond donors (Lipinski definition) is 2. The summed E-state index contributed by atoms with van der Waals surface area (Å²) >= 11 is 3.92. The Balaban J connectivity index is 2.64. The number of aliphatic carboxylic acids is 1. The molecule has 0 aliphatic heterocycles. The minimum atomic E-state index is -0.903. The SMILES string of the molecule is Cn1nccc1CC(S)C(=O)O. The van der Waals surface area contributed by atoms with Gasteiger partial charge in [0.1, 0.15) is 5.25 Å². The maximum Gasteiger partial charge on any atom is 0.316 e. The molecule has 0 spiro atoms. The lowest BCUT2D eigenvalue weighted by atomic mass is 10.2. The fourth-order valence-electron chi connectivity index (χ4n) is 0.887. The van der Waals surface area contributed by atoms with Crippen molar-refractivity contribution in [3.63, 3.8) is 0 Å². The van der Waals surface area contributed by atoms with Crippen molar-refractivity contribution in [1.29, 1.82) is 0 Å². The van der Waals surface area contributed by atoms with Gasteiger partial charge in [-0.15, -0.1) is 0 Å². The zero-order valence-corrected chi connectivity index (χ0v) is 7.53. The zero-order chi connectivity index (χ0) is 9.14. The summed E-state index contributed by atoms with van der Waals surface area (Å²) in [6, 6.07) is 1.78. The van der Waals surface area contributed by atoms with Crippen molar-refractivity contribution < 1.29 is 9.90 Å². The molecule has 0 aromatic carbocycles. The molecule has 4 nitrogen and oxygen atoms in total. The van der Waals surface area contributed by atoms with Crippen molar-refractivity contribution >= 4 is 18.6 Å². The van der Waals surface area contributed by atoms with Gasteiger partial charge >= 0.3 is 5.97 Å². The third-order valence-corrected chi connectivity index (χ3v) is 2.01. The first-order chi connectivity index (χ1) is 5.61. The molecule has 1 atom stereocenters. The number of hydrogen-bond acceptors (Lipinski definition) is 3. The molecule has 0 bridgehead atoms. The number of carbonyl (C=O) groups is 1. The van der Waals surface area contributed by atoms with Crippen molar-refractivity contribution in [3.05, 3.63) is 18.0 Å². The molecule has 0 saturated heterocycles. The molecule has 5 heteroatoms. The van der Waals surface area contributed by atoms with Crippen LogP contribution in [-0.4, -0.2) is 26.1 Å². The Morgan fingerprint density at radius 3 is 3.00 bits per heavy atom. The highest BCUT2D eigenvalue weighted by atomic mass is 32.1. The van der Waals surface area contributed by atoms with E-state index in [1.165, 1.54) is 0 Å². The fraction of sp³-hybridized carbons (Fsp3) is 0.429. The minimum absolute atomic E-state index is 0.398. The van der Waals surface area contributed by atoms with Crippen molar-refractivity contribution in [3.8, 4) is 0 Å². The molecule has 12 heavy (non-hydrogen) atoms. The topological polar surface area (TPSA) is 55.1 Å². The van der Waals surface area contributed by atoms with Gasteiger partial charge in [0.05, 0.1) is 0 Å². The van der Waals surface area contributed by atoms with E-state index >= 15 is 0 Å². The molecule has 0 aliphatic rings. The molecule has 0 radical (unpaired) electrons. The minimum Gasteiger partial charge on any atom is -0.480 e. The second kappa shape index (κ2) is 3.62. The lowest BCUT2D eigenvalue weighted by Crippen LogP contribution is -2.17. The standard InChI is InChI=1S/C7H10N2O2S/c1-9-5(2-3-8-9)4-6(12)7(10)11/h2-3,6,12H,4H2,1H3,(H,10,11). The second-order valence-electron chi connectivity index (χ2n) is 2.50. The summed E-state index contributed by atoms with van der Waals surface area (Å²) in [6.45, 7) is 0. The number of aryl methyl sites for hydroxylation is 1. The molecule has 1 aromatic heterocycles. The van der Waals surface area contributed by atoms with Gasteiger partial charge in [-0.1, -0.05) is 0 Å². The summed E-state index contributed by atoms with van der Waals surface area (Å²) in [5, 5.41) is 11.8. The van der Waals surface area contributed by atoms with Crippen molar-refractivity contribution in [2.24, 2.45) is 7.05 Å². The molecule has 66 valence electrons. The maximum absolute atomic E-state index is 10.4. The number of aromatic nitrogens is 2. The van der Waals surface area contributed by atoms with Crippen LogP contribution in [0.5, 0.6) is 0 Å². The summed E-state index contributed by atoms with van der Waals surface area (Å²) < 4.78 is 1.64. The largest absolute Gasteiger partial charge is 0.480 e. The molecule has 0 aliphatic carbocycles. The van der Waals surface area contributed by atoms with Gasteiger partial charge in [0, 0.05) is 25.4 Å². The van der Waals surface area contributed by atoms with Gasteiger partial charge in [-0.25, -0.2) is 0 Å². The van der Waals surface area contributed by atoms with Gasteiger partial charge < -0.3 is 5.11 Å². The molecule has 1 heterocycles. The van der Waals surface area contributed by atoms with E-state index in [1.54, 1.807) is 24.0 Å². The predicted molar refractivity (Wildman–Crippen MR) is 47.3 cm³/mol. The van der Waals surface area contributed by atoms with E-state index in [0.29, 0.717) is 6.42 Å². The molecule has 0 fully saturated rings. The van der Waals surface area contributed by atoms with Gasteiger partial charge in [-0.3, -0.25) is 9.48 Å². The van der Waals surface area contributed by atoms with Gasteiger partial charge in [-0.05, 0) is 6.07 Å². The highest BCUT2D eigenvalue weighted by molar-refractivity contribution is 7.81. The Morgan fingerprint density at radius 1 is 1.92 bits per heavy atom. The van der Waals surface area contributed by atoms with Crippen molar-refractivity contribution in [1.82, 2.24) is 9.78 Å². The third kappa shape index (κ3) is 2.01. The van der Waals surface area contributed by atoms with E-state index in [9.17, 15) is 4.79 Å². The second-order valence-corrected chi connectivity index (χ2v) is 3.13. The van der Waals surface area contributed by atoms with Crippen molar-refractivity contribution in [2.45, 2.75) is 11.7 Å². The molecule has 0 saturated carbocycles. The number of carboxylic acids is 1. The normalized spacial score (nSPS) is 12.8. The van der Waals surface area contributed by atoms with Gasteiger partial charge in [0.2, 0.25) is 0 Å². The van der Waals surface area contributed by atoms with Gasteiger partial charge in [-0.2, -0.15) is 17.7 Å². The van der Waals surface area contributed by atoms with Crippen LogP contribution >= 0.6 is 12.6 Å². The summed E-state index contributed by atoms with van der Waals surface area (Å²) in [5.74, 6) is -0.903. The number of thiol groups is 1. The highest BCUT2D eigenvalue weighted by Crippen LogP contribution is 2.06. The van der Waals surface area contributed by atoms with E-state index in [-0.39, 0.29) is 0 Å². The third-order valence-electron chi connectivity index (χ3n) is 1.61. The first kappa shape index (κ1) is 9.12. The smallest absolute Gasteiger partial charge is 0.316 e. The average molecular weight is 186 g/mol. The Kier molecular flexibility index (Phi) is 2.75. The van der Waals surface area contributed by atoms with E-state index in [1.807, 2.05) is 0 Å². The Labute approximate surface area is 75.6 Å². The van der Waals surface area contributed by atoms with E-state index in [4.69, 9.17) is 5.11 Å². The quantitative estimate of drug-likeness (QED) is 0.669. The van der Waals surface area contributed by atoms with Crippen LogP contribution in [0.4, 0.5) is 0 Å². The first-order valence-corrected chi connectivity index (χ1v) is 4.00. The molecular formula is C7H10N2O2S. The Hall–Kier alpha value is -0.970. The lowest BCUT2D eigenvalue weighted by Gasteiger charge is -2.04. The molecule has 1 N–H and O–H groups in total. The number of rotatable bonds is 3. The van der Waals surface area contributed by atoms with Crippen LogP contribution in [0.2, 0.25) is 0 Å². The van der Waals surface area contributed by atoms with Crippen molar-refractivity contribution in [2.75, 3.05) is 0 Å². The molecule has 1 rings (SSSR count). The highest BCUT2D eigenvalue weighted by Gasteiger charge is 2.13. The first-order valence-electron chi connectivity index (χ1n) is 3.49. The van der Waals surface area contributed by atoms with E-state index < -0.39 is 11.2 Å². The van der Waals surface area contributed by atoms with E-state index in [2.05, 4.69) is 17.7 Å². The summed E-state index contributed by atoms with van der Waals surface area (Å²) in [5.41, 5.74) is 0.873. The van der Waals surface area contributed by atoms with Crippen LogP contribution in [0.15, 0.2) is 12.3 Å². The van der Waals surface area contributed by atoms with E-state index in [0.717, 1.165) is 5.69 Å². The zero-order valence-electron chi connectivity index (χ0n) is 6.64. The maximum atomic E-state index is 10.4. The van der Waals surface area contributed by atoms with Crippen LogP contribution in [0.3, 0.4) is 0 Å². The van der Waals surface area contributed by atoms with Gasteiger partial charge in [0.15, 0.2) is 0 Å². The molecule has 1 aromatic rings. The fourth-order valence-corrected chi connectivity index (χ4v) is 1.07. The van der Waals surface area contributed by atoms with Crippen LogP contribution in [0.1, 0.15) is 5.69 Å². The monoisotopic (exact) mass is 186 g/mol. The Morgan fingerprint density at radius 2 is 2.58 bits per heavy atom. The molecule has 0 amide bonds. The molecular weight excluding hydrogens is 176 g/mol. The Bertz CT molecular complexity index is 285. The molecule has 1 unspecified atom stereocenters. The number of carboxylic acid groups (broad SMARTS) is 1.